The molecule has 1 saturated heterocycles. The average molecular weight is 918 g/mol. The molecular formula is C45H75N9O9S. The molecule has 64 heavy (non-hydrogen) atoms. The summed E-state index contributed by atoms with van der Waals surface area (Å²) < 4.78 is 28.9. The molecule has 1 fully saturated rings. The van der Waals surface area contributed by atoms with E-state index in [2.05, 4.69) is 50.1 Å². The standard InChI is InChI=1S/C45H75N9O9S/c1-13-17-36(55)50-37(28(4)5)42(59)49-33(18-16-24-47-44(46)61)40(57)48-31-20-22-32(23-21-31)64(62,63)52-39(56)30(8)26-35(27(2)3)53(12)43(60)38(45(9,10)11)51-41(58)34-19-14-15-25-54(34)29(6)7/h20-23,26-29,33-35,37-38H,13-19,24-25H2,1-12H3,(H,48,57)(H,49,59)(H,50,55)(H,51,58)(H,52,56)(H3,46,47,61)/b30-26+/t33-,34+,35+,37?,38?/m0/s1. The number of likely N-dealkylation sites (tertiary alicyclic amines) is 1. The van der Waals surface area contributed by atoms with E-state index in [0.717, 1.165) is 19.4 Å². The fourth-order valence-corrected chi connectivity index (χ4v) is 8.46. The summed E-state index contributed by atoms with van der Waals surface area (Å²) in [7, 11) is -2.82. The van der Waals surface area contributed by atoms with Crippen LogP contribution < -0.4 is 37.0 Å². The van der Waals surface area contributed by atoms with Gasteiger partial charge in [-0.15, -0.1) is 0 Å². The third-order valence-corrected chi connectivity index (χ3v) is 12.5. The number of hydrogen-bond donors (Lipinski definition) is 7. The van der Waals surface area contributed by atoms with Crippen molar-refractivity contribution in [1.29, 1.82) is 0 Å². The molecule has 1 aromatic carbocycles. The van der Waals surface area contributed by atoms with Crippen molar-refractivity contribution in [3.8, 4) is 0 Å². The third-order valence-electron chi connectivity index (χ3n) is 11.2. The topological polar surface area (TPSA) is 258 Å². The highest BCUT2D eigenvalue weighted by atomic mass is 32.2. The minimum absolute atomic E-state index is 0.0423. The van der Waals surface area contributed by atoms with Gasteiger partial charge in [-0.3, -0.25) is 33.7 Å². The molecule has 0 spiro atoms. The van der Waals surface area contributed by atoms with Gasteiger partial charge >= 0.3 is 6.03 Å². The van der Waals surface area contributed by atoms with Crippen molar-refractivity contribution in [1.82, 2.24) is 35.8 Å². The van der Waals surface area contributed by atoms with Crippen molar-refractivity contribution in [3.63, 3.8) is 0 Å². The van der Waals surface area contributed by atoms with Crippen molar-refractivity contribution in [2.75, 3.05) is 25.5 Å². The van der Waals surface area contributed by atoms with Crippen molar-refractivity contribution < 1.29 is 42.0 Å². The zero-order valence-corrected chi connectivity index (χ0v) is 40.7. The van der Waals surface area contributed by atoms with Gasteiger partial charge < -0.3 is 37.2 Å². The van der Waals surface area contributed by atoms with Crippen LogP contribution >= 0.6 is 0 Å². The number of benzene rings is 1. The molecule has 1 aromatic rings. The molecular weight excluding hydrogens is 843 g/mol. The number of carbonyl (C=O) groups is 7. The van der Waals surface area contributed by atoms with Gasteiger partial charge in [-0.2, -0.15) is 0 Å². The second-order valence-corrected chi connectivity index (χ2v) is 20.3. The Morgan fingerprint density at radius 1 is 0.906 bits per heavy atom. The lowest BCUT2D eigenvalue weighted by Crippen LogP contribution is -2.60. The van der Waals surface area contributed by atoms with Gasteiger partial charge in [0.1, 0.15) is 18.1 Å². The summed E-state index contributed by atoms with van der Waals surface area (Å²) in [5.41, 5.74) is 4.73. The quantitative estimate of drug-likeness (QED) is 0.0658. The summed E-state index contributed by atoms with van der Waals surface area (Å²) in [6, 6.07) is 0.560. The minimum Gasteiger partial charge on any atom is -0.352 e. The number of amides is 8. The van der Waals surface area contributed by atoms with E-state index >= 15 is 0 Å². The first-order chi connectivity index (χ1) is 29.7. The zero-order chi connectivity index (χ0) is 48.7. The average Bonchev–Trinajstić information content (AvgIpc) is 3.20. The Kier molecular flexibility index (Phi) is 21.4. The Morgan fingerprint density at radius 3 is 2.06 bits per heavy atom. The summed E-state index contributed by atoms with van der Waals surface area (Å²) in [4.78, 5) is 95.0. The van der Waals surface area contributed by atoms with Gasteiger partial charge in [0.2, 0.25) is 29.5 Å². The van der Waals surface area contributed by atoms with Gasteiger partial charge in [0, 0.05) is 37.3 Å². The van der Waals surface area contributed by atoms with Crippen LogP contribution in [0.1, 0.15) is 121 Å². The monoisotopic (exact) mass is 918 g/mol. The molecule has 0 saturated carbocycles. The van der Waals surface area contributed by atoms with Crippen LogP contribution in [0.4, 0.5) is 10.5 Å². The fourth-order valence-electron chi connectivity index (χ4n) is 7.44. The number of nitrogens with zero attached hydrogens (tertiary/aromatic N) is 2. The van der Waals surface area contributed by atoms with Crippen molar-refractivity contribution in [2.24, 2.45) is 23.0 Å². The van der Waals surface area contributed by atoms with E-state index in [-0.39, 0.29) is 83.6 Å². The molecule has 0 bridgehead atoms. The Morgan fingerprint density at radius 2 is 1.53 bits per heavy atom. The number of piperidine rings is 1. The van der Waals surface area contributed by atoms with Crippen LogP contribution in [0.25, 0.3) is 0 Å². The number of carbonyl (C=O) groups excluding carboxylic acids is 7. The first kappa shape index (κ1) is 55.1. The van der Waals surface area contributed by atoms with Crippen LogP contribution in [-0.2, 0) is 38.8 Å². The summed E-state index contributed by atoms with van der Waals surface area (Å²) in [5.74, 6) is -3.48. The first-order valence-electron chi connectivity index (χ1n) is 22.3. The number of hydrogen-bond acceptors (Lipinski definition) is 10. The second kappa shape index (κ2) is 24.9. The highest BCUT2D eigenvalue weighted by Crippen LogP contribution is 2.26. The van der Waals surface area contributed by atoms with Crippen LogP contribution in [0.2, 0.25) is 0 Å². The van der Waals surface area contributed by atoms with Crippen LogP contribution in [0.15, 0.2) is 40.8 Å². The molecule has 2 rings (SSSR count). The SMILES string of the molecule is CCCC(=O)NC(C(=O)N[C@@H](CCCNC(N)=O)C(=O)Nc1ccc(S(=O)(=O)NC(=O)/C(C)=C/[C@H](C(C)C)N(C)C(=O)C(NC(=O)[C@H]2CCCCN2C(C)C)C(C)(C)C)cc1)C(C)C. The molecule has 1 heterocycles. The molecule has 1 aliphatic heterocycles. The predicted molar refractivity (Wildman–Crippen MR) is 247 cm³/mol. The molecule has 0 aromatic heterocycles. The van der Waals surface area contributed by atoms with Gasteiger partial charge in [0.25, 0.3) is 15.9 Å². The smallest absolute Gasteiger partial charge is 0.312 e. The maximum atomic E-state index is 14.2. The molecule has 19 heteroatoms. The predicted octanol–water partition coefficient (Wildman–Crippen LogP) is 3.53. The van der Waals surface area contributed by atoms with Gasteiger partial charge in [-0.25, -0.2) is 17.9 Å². The number of nitrogens with two attached hydrogens (primary N) is 1. The molecule has 8 N–H and O–H groups in total. The van der Waals surface area contributed by atoms with Gasteiger partial charge in [0.15, 0.2) is 0 Å². The summed E-state index contributed by atoms with van der Waals surface area (Å²) in [6.07, 6.45) is 5.32. The fraction of sp³-hybridized carbons (Fsp3) is 0.667. The number of nitrogens with one attached hydrogen (secondary N) is 6. The Labute approximate surface area is 380 Å². The van der Waals surface area contributed by atoms with Gasteiger partial charge in [-0.1, -0.05) is 67.9 Å². The van der Waals surface area contributed by atoms with Crippen molar-refractivity contribution in [2.45, 2.75) is 162 Å². The molecule has 2 unspecified atom stereocenters. The van der Waals surface area contributed by atoms with Gasteiger partial charge in [0.05, 0.1) is 17.0 Å². The summed E-state index contributed by atoms with van der Waals surface area (Å²) in [6.45, 7) is 21.2. The number of anilines is 1. The van der Waals surface area contributed by atoms with E-state index in [1.165, 1.54) is 42.2 Å². The van der Waals surface area contributed by atoms with Crippen LogP contribution in [0.3, 0.4) is 0 Å². The molecule has 18 nitrogen and oxygen atoms in total. The number of sulfonamides is 1. The van der Waals surface area contributed by atoms with E-state index in [4.69, 9.17) is 5.73 Å². The maximum absolute atomic E-state index is 14.2. The van der Waals surface area contributed by atoms with Crippen LogP contribution in [-0.4, -0.2) is 116 Å². The van der Waals surface area contributed by atoms with E-state index in [0.29, 0.717) is 12.8 Å². The maximum Gasteiger partial charge on any atom is 0.312 e. The lowest BCUT2D eigenvalue weighted by atomic mass is 9.84. The highest BCUT2D eigenvalue weighted by Gasteiger charge is 2.40. The normalized spacial score (nSPS) is 16.9. The van der Waals surface area contributed by atoms with E-state index in [1.54, 1.807) is 20.9 Å². The highest BCUT2D eigenvalue weighted by molar-refractivity contribution is 7.90. The molecule has 0 radical (unpaired) electrons. The van der Waals surface area contributed by atoms with E-state index < -0.39 is 63.4 Å². The molecule has 8 amide bonds. The van der Waals surface area contributed by atoms with E-state index in [1.807, 2.05) is 41.5 Å². The Balaban J connectivity index is 2.24. The van der Waals surface area contributed by atoms with Crippen molar-refractivity contribution >= 4 is 57.2 Å². The molecule has 360 valence electrons. The largest absolute Gasteiger partial charge is 0.352 e. The number of urea groups is 1. The van der Waals surface area contributed by atoms with Crippen molar-refractivity contribution in [3.05, 3.63) is 35.9 Å². The van der Waals surface area contributed by atoms with Gasteiger partial charge in [-0.05, 0) is 101 Å². The molecule has 0 aliphatic carbocycles. The zero-order valence-electron chi connectivity index (χ0n) is 39.9. The van der Waals surface area contributed by atoms with Crippen LogP contribution in [0.5, 0.6) is 0 Å². The lowest BCUT2D eigenvalue weighted by Gasteiger charge is -2.41. The second-order valence-electron chi connectivity index (χ2n) is 18.7. The minimum atomic E-state index is -4.42. The van der Waals surface area contributed by atoms with E-state index in [9.17, 15) is 42.0 Å². The first-order valence-corrected chi connectivity index (χ1v) is 23.8. The number of rotatable bonds is 22. The third kappa shape index (κ3) is 16.8. The summed E-state index contributed by atoms with van der Waals surface area (Å²) in [5, 5.41) is 13.5. The molecule has 1 aliphatic rings. The Bertz CT molecular complexity index is 1930. The molecule has 5 atom stereocenters. The summed E-state index contributed by atoms with van der Waals surface area (Å²) >= 11 is 0. The number of primary amides is 1. The number of likely N-dealkylation sites (N-methyl/N-ethyl adjacent to an activating group) is 1. The Hall–Kier alpha value is -5.04. The lowest BCUT2D eigenvalue weighted by molar-refractivity contribution is -0.142. The van der Waals surface area contributed by atoms with Crippen LogP contribution in [0, 0.1) is 17.3 Å².